The van der Waals surface area contributed by atoms with Crippen molar-refractivity contribution < 1.29 is 14.7 Å². The molecule has 2 amide bonds. The summed E-state index contributed by atoms with van der Waals surface area (Å²) in [4.78, 5) is 29.6. The molecule has 0 radical (unpaired) electrons. The molecule has 0 aromatic rings. The minimum absolute atomic E-state index is 0.0428. The van der Waals surface area contributed by atoms with E-state index in [4.69, 9.17) is 0 Å². The van der Waals surface area contributed by atoms with Crippen LogP contribution in [0.15, 0.2) is 0 Å². The molecule has 0 saturated carbocycles. The molecule has 2 unspecified atom stereocenters. The fourth-order valence-corrected chi connectivity index (χ4v) is 2.67. The van der Waals surface area contributed by atoms with Gasteiger partial charge < -0.3 is 25.1 Å². The molecule has 2 fully saturated rings. The van der Waals surface area contributed by atoms with E-state index in [9.17, 15) is 14.7 Å². The van der Waals surface area contributed by atoms with Crippen LogP contribution in [0.25, 0.3) is 0 Å². The summed E-state index contributed by atoms with van der Waals surface area (Å²) in [7, 11) is 3.74. The minimum atomic E-state index is -0.424. The molecule has 7 heteroatoms. The van der Waals surface area contributed by atoms with Crippen molar-refractivity contribution >= 4 is 11.8 Å². The SMILES string of the molecule is CN(C)CC(=O)N1CCN(C(=O)C2CC(O)CN2)CC1. The third kappa shape index (κ3) is 3.68. The monoisotopic (exact) mass is 284 g/mol. The third-order valence-electron chi connectivity index (χ3n) is 3.80. The predicted octanol–water partition coefficient (Wildman–Crippen LogP) is -2.06. The number of rotatable bonds is 3. The zero-order valence-corrected chi connectivity index (χ0v) is 12.2. The quantitative estimate of drug-likeness (QED) is 0.623. The van der Waals surface area contributed by atoms with Crippen molar-refractivity contribution in [2.45, 2.75) is 18.6 Å². The highest BCUT2D eigenvalue weighted by Crippen LogP contribution is 2.11. The number of piperazine rings is 1. The first-order valence-electron chi connectivity index (χ1n) is 7.10. The normalized spacial score (nSPS) is 27.2. The summed E-state index contributed by atoms with van der Waals surface area (Å²) in [6, 6.07) is -0.269. The van der Waals surface area contributed by atoms with Gasteiger partial charge in [0.2, 0.25) is 11.8 Å². The lowest BCUT2D eigenvalue weighted by Crippen LogP contribution is -2.55. The summed E-state index contributed by atoms with van der Waals surface area (Å²) < 4.78 is 0. The van der Waals surface area contributed by atoms with Crippen LogP contribution >= 0.6 is 0 Å². The topological polar surface area (TPSA) is 76.1 Å². The Kier molecular flexibility index (Phi) is 4.95. The molecule has 2 atom stereocenters. The van der Waals surface area contributed by atoms with Gasteiger partial charge >= 0.3 is 0 Å². The maximum Gasteiger partial charge on any atom is 0.239 e. The van der Waals surface area contributed by atoms with E-state index in [1.165, 1.54) is 0 Å². The average Bonchev–Trinajstić information content (AvgIpc) is 2.84. The van der Waals surface area contributed by atoms with Gasteiger partial charge in [-0.25, -0.2) is 0 Å². The average molecular weight is 284 g/mol. The van der Waals surface area contributed by atoms with Crippen LogP contribution < -0.4 is 5.32 Å². The molecule has 7 nitrogen and oxygen atoms in total. The van der Waals surface area contributed by atoms with Crippen molar-refractivity contribution in [3.05, 3.63) is 0 Å². The highest BCUT2D eigenvalue weighted by Gasteiger charge is 2.33. The lowest BCUT2D eigenvalue weighted by molar-refractivity contribution is -0.141. The third-order valence-corrected chi connectivity index (χ3v) is 3.80. The molecule has 0 bridgehead atoms. The smallest absolute Gasteiger partial charge is 0.239 e. The zero-order valence-electron chi connectivity index (χ0n) is 12.2. The van der Waals surface area contributed by atoms with Gasteiger partial charge in [0.15, 0.2) is 0 Å². The van der Waals surface area contributed by atoms with Gasteiger partial charge in [0.1, 0.15) is 0 Å². The molecular formula is C13H24N4O3. The maximum absolute atomic E-state index is 12.2. The van der Waals surface area contributed by atoms with Crippen LogP contribution in [0.4, 0.5) is 0 Å². The first-order valence-corrected chi connectivity index (χ1v) is 7.10. The zero-order chi connectivity index (χ0) is 14.7. The van der Waals surface area contributed by atoms with Gasteiger partial charge in [0.25, 0.3) is 0 Å². The molecule has 114 valence electrons. The standard InChI is InChI=1S/C13H24N4O3/c1-15(2)9-12(19)16-3-5-17(6-4-16)13(20)11-7-10(18)8-14-11/h10-11,14,18H,3-9H2,1-2H3. The molecule has 2 rings (SSSR count). The first-order chi connectivity index (χ1) is 9.47. The summed E-state index contributed by atoms with van der Waals surface area (Å²) in [6.07, 6.45) is 0.0606. The Morgan fingerprint density at radius 3 is 2.30 bits per heavy atom. The van der Waals surface area contributed by atoms with Crippen LogP contribution in [0.1, 0.15) is 6.42 Å². The van der Waals surface area contributed by atoms with Gasteiger partial charge in [0, 0.05) is 32.7 Å². The van der Waals surface area contributed by atoms with E-state index in [1.807, 2.05) is 19.0 Å². The number of aliphatic hydroxyl groups is 1. The van der Waals surface area contributed by atoms with E-state index in [0.29, 0.717) is 45.7 Å². The molecule has 2 saturated heterocycles. The Morgan fingerprint density at radius 1 is 1.20 bits per heavy atom. The Bertz CT molecular complexity index is 367. The van der Waals surface area contributed by atoms with Gasteiger partial charge in [-0.05, 0) is 20.5 Å². The van der Waals surface area contributed by atoms with Crippen LogP contribution in [0.2, 0.25) is 0 Å². The summed E-state index contributed by atoms with van der Waals surface area (Å²) in [5.41, 5.74) is 0. The molecule has 0 aliphatic carbocycles. The van der Waals surface area contributed by atoms with E-state index in [0.717, 1.165) is 0 Å². The molecule has 0 aromatic heterocycles. The fourth-order valence-electron chi connectivity index (χ4n) is 2.67. The van der Waals surface area contributed by atoms with Crippen molar-refractivity contribution in [2.24, 2.45) is 0 Å². The summed E-state index contributed by atoms with van der Waals surface area (Å²) in [5.74, 6) is 0.151. The predicted molar refractivity (Wildman–Crippen MR) is 74.1 cm³/mol. The van der Waals surface area contributed by atoms with Gasteiger partial charge in [-0.1, -0.05) is 0 Å². The van der Waals surface area contributed by atoms with Crippen molar-refractivity contribution in [1.29, 1.82) is 0 Å². The van der Waals surface area contributed by atoms with E-state index in [1.54, 1.807) is 9.80 Å². The number of carbonyl (C=O) groups excluding carboxylic acids is 2. The summed E-state index contributed by atoms with van der Waals surface area (Å²) in [5, 5.41) is 12.5. The van der Waals surface area contributed by atoms with Crippen LogP contribution in [0, 0.1) is 0 Å². The van der Waals surface area contributed by atoms with Gasteiger partial charge in [-0.2, -0.15) is 0 Å². The Balaban J connectivity index is 1.79. The molecule has 0 aromatic carbocycles. The van der Waals surface area contributed by atoms with Crippen molar-refractivity contribution in [1.82, 2.24) is 20.0 Å². The highest BCUT2D eigenvalue weighted by atomic mass is 16.3. The van der Waals surface area contributed by atoms with Crippen molar-refractivity contribution in [3.8, 4) is 0 Å². The minimum Gasteiger partial charge on any atom is -0.392 e. The molecule has 20 heavy (non-hydrogen) atoms. The number of amides is 2. The maximum atomic E-state index is 12.2. The molecule has 2 heterocycles. The molecule has 2 aliphatic heterocycles. The number of likely N-dealkylation sites (N-methyl/N-ethyl adjacent to an activating group) is 1. The second kappa shape index (κ2) is 6.51. The lowest BCUT2D eigenvalue weighted by atomic mass is 10.1. The second-order valence-corrected chi connectivity index (χ2v) is 5.79. The summed E-state index contributed by atoms with van der Waals surface area (Å²) >= 11 is 0. The van der Waals surface area contributed by atoms with E-state index >= 15 is 0 Å². The Hall–Kier alpha value is -1.18. The molecule has 0 spiro atoms. The van der Waals surface area contributed by atoms with Crippen molar-refractivity contribution in [2.75, 3.05) is 53.4 Å². The number of hydrogen-bond acceptors (Lipinski definition) is 5. The lowest BCUT2D eigenvalue weighted by Gasteiger charge is -2.36. The fraction of sp³-hybridized carbons (Fsp3) is 0.846. The van der Waals surface area contributed by atoms with Crippen molar-refractivity contribution in [3.63, 3.8) is 0 Å². The molecular weight excluding hydrogens is 260 g/mol. The number of carbonyl (C=O) groups is 2. The van der Waals surface area contributed by atoms with Gasteiger partial charge in [-0.3, -0.25) is 9.59 Å². The van der Waals surface area contributed by atoms with Crippen LogP contribution in [-0.4, -0.2) is 97.1 Å². The number of hydrogen-bond donors (Lipinski definition) is 2. The number of nitrogens with one attached hydrogen (secondary N) is 1. The van der Waals surface area contributed by atoms with Gasteiger partial charge in [-0.15, -0.1) is 0 Å². The molecule has 2 N–H and O–H groups in total. The first kappa shape index (κ1) is 15.2. The second-order valence-electron chi connectivity index (χ2n) is 5.79. The Morgan fingerprint density at radius 2 is 1.80 bits per heavy atom. The van der Waals surface area contributed by atoms with Crippen LogP contribution in [-0.2, 0) is 9.59 Å². The van der Waals surface area contributed by atoms with Gasteiger partial charge in [0.05, 0.1) is 18.7 Å². The van der Waals surface area contributed by atoms with E-state index < -0.39 is 6.10 Å². The Labute approximate surface area is 119 Å². The summed E-state index contributed by atoms with van der Waals surface area (Å²) in [6.45, 7) is 3.22. The largest absolute Gasteiger partial charge is 0.392 e. The van der Waals surface area contributed by atoms with E-state index in [-0.39, 0.29) is 17.9 Å². The molecule has 2 aliphatic rings. The number of nitrogens with zero attached hydrogens (tertiary/aromatic N) is 3. The van der Waals surface area contributed by atoms with Crippen LogP contribution in [0.5, 0.6) is 0 Å². The number of β-amino-alcohol motifs (C(OH)–C–C–N with tert-alkyl or cyclic N) is 1. The highest BCUT2D eigenvalue weighted by molar-refractivity contribution is 5.83. The van der Waals surface area contributed by atoms with Crippen LogP contribution in [0.3, 0.4) is 0 Å². The van der Waals surface area contributed by atoms with E-state index in [2.05, 4.69) is 5.32 Å². The number of aliphatic hydroxyl groups excluding tert-OH is 1.